The number of fused-ring (bicyclic) bond motifs is 1. The highest BCUT2D eigenvalue weighted by Crippen LogP contribution is 2.24. The fraction of sp³-hybridized carbons (Fsp3) is 0.259. The van der Waals surface area contributed by atoms with E-state index in [4.69, 9.17) is 4.74 Å². The molecule has 0 saturated carbocycles. The summed E-state index contributed by atoms with van der Waals surface area (Å²) >= 11 is 0. The molecule has 0 aliphatic carbocycles. The first kappa shape index (κ1) is 21.6. The Morgan fingerprint density at radius 2 is 1.84 bits per heavy atom. The Morgan fingerprint density at radius 1 is 1.00 bits per heavy atom. The van der Waals surface area contributed by atoms with Gasteiger partial charge in [-0.15, -0.1) is 0 Å². The van der Waals surface area contributed by atoms with E-state index in [9.17, 15) is 4.79 Å². The Morgan fingerprint density at radius 3 is 2.62 bits per heavy atom. The number of ether oxygens (including phenoxy) is 1. The van der Waals surface area contributed by atoms with E-state index in [1.807, 2.05) is 36.4 Å². The lowest BCUT2D eigenvalue weighted by molar-refractivity contribution is -0.116. The van der Waals surface area contributed by atoms with E-state index in [0.717, 1.165) is 18.7 Å². The van der Waals surface area contributed by atoms with Crippen LogP contribution in [-0.2, 0) is 17.8 Å². The van der Waals surface area contributed by atoms with E-state index in [0.29, 0.717) is 17.9 Å². The van der Waals surface area contributed by atoms with Gasteiger partial charge in [-0.3, -0.25) is 9.78 Å². The predicted octanol–water partition coefficient (Wildman–Crippen LogP) is 6.59. The van der Waals surface area contributed by atoms with Gasteiger partial charge in [0.25, 0.3) is 0 Å². The van der Waals surface area contributed by atoms with Crippen LogP contribution >= 0.6 is 0 Å². The molecule has 0 radical (unpaired) electrons. The third-order valence-corrected chi connectivity index (χ3v) is 5.50. The molecule has 0 spiro atoms. The molecule has 2 aromatic carbocycles. The van der Waals surface area contributed by atoms with Crippen molar-refractivity contribution in [2.75, 3.05) is 5.32 Å². The molecule has 5 nitrogen and oxygen atoms in total. The second-order valence-corrected chi connectivity index (χ2v) is 7.94. The number of rotatable bonds is 10. The van der Waals surface area contributed by atoms with E-state index in [2.05, 4.69) is 52.3 Å². The smallest absolute Gasteiger partial charge is 0.224 e. The van der Waals surface area contributed by atoms with E-state index in [1.165, 1.54) is 35.7 Å². The largest absolute Gasteiger partial charge is 0.456 e. The monoisotopic (exact) mass is 427 g/mol. The Kier molecular flexibility index (Phi) is 7.18. The van der Waals surface area contributed by atoms with Gasteiger partial charge in [-0.25, -0.2) is 0 Å². The molecule has 2 aromatic heterocycles. The topological polar surface area (TPSA) is 56.2 Å². The Hall–Kier alpha value is -3.60. The van der Waals surface area contributed by atoms with Gasteiger partial charge in [-0.2, -0.15) is 0 Å². The first-order valence-corrected chi connectivity index (χ1v) is 11.3. The molecule has 5 heteroatoms. The molecule has 2 heterocycles. The normalized spacial score (nSPS) is 10.9. The molecular formula is C27H29N3O2. The van der Waals surface area contributed by atoms with Crippen LogP contribution in [0.1, 0.15) is 38.2 Å². The van der Waals surface area contributed by atoms with Crippen LogP contribution in [-0.4, -0.2) is 15.5 Å². The molecule has 0 aliphatic rings. The molecule has 0 fully saturated rings. The number of unbranched alkanes of at least 4 members (excludes halogenated alkanes) is 2. The van der Waals surface area contributed by atoms with E-state index < -0.39 is 0 Å². The number of aryl methyl sites for hydroxylation is 2. The van der Waals surface area contributed by atoms with Crippen LogP contribution < -0.4 is 10.1 Å². The standard InChI is InChI=1S/C27H29N3O2/c1-2-3-6-18-30-20-21(25-9-4-5-10-26(25)30)11-16-27(31)29-22-12-14-23(15-13-22)32-24-8-7-17-28-19-24/h4-5,7-10,12-15,17,19-20H,2-3,6,11,16,18H2,1H3,(H,29,31). The lowest BCUT2D eigenvalue weighted by atomic mass is 10.1. The molecule has 0 aliphatic heterocycles. The maximum atomic E-state index is 12.6. The number of para-hydroxylation sites is 1. The molecule has 4 aromatic rings. The van der Waals surface area contributed by atoms with Crippen LogP contribution in [0.5, 0.6) is 11.5 Å². The maximum absolute atomic E-state index is 12.6. The summed E-state index contributed by atoms with van der Waals surface area (Å²) < 4.78 is 8.08. The van der Waals surface area contributed by atoms with Crippen molar-refractivity contribution in [3.8, 4) is 11.5 Å². The average molecular weight is 428 g/mol. The zero-order valence-electron chi connectivity index (χ0n) is 18.5. The lowest BCUT2D eigenvalue weighted by Crippen LogP contribution is -2.12. The molecule has 0 saturated heterocycles. The molecule has 4 rings (SSSR count). The highest BCUT2D eigenvalue weighted by Gasteiger charge is 2.10. The summed E-state index contributed by atoms with van der Waals surface area (Å²) in [5.41, 5.74) is 3.24. The van der Waals surface area contributed by atoms with Crippen LogP contribution in [0.15, 0.2) is 79.3 Å². The number of nitrogens with zero attached hydrogens (tertiary/aromatic N) is 2. The van der Waals surface area contributed by atoms with Crippen molar-refractivity contribution in [1.82, 2.24) is 9.55 Å². The second-order valence-electron chi connectivity index (χ2n) is 7.94. The second kappa shape index (κ2) is 10.6. The van der Waals surface area contributed by atoms with Crippen LogP contribution in [0.2, 0.25) is 0 Å². The van der Waals surface area contributed by atoms with Crippen molar-refractivity contribution in [3.05, 3.63) is 84.8 Å². The van der Waals surface area contributed by atoms with Gasteiger partial charge in [-0.05, 0) is 60.9 Å². The fourth-order valence-electron chi connectivity index (χ4n) is 3.86. The van der Waals surface area contributed by atoms with E-state index >= 15 is 0 Å². The number of pyridine rings is 1. The molecular weight excluding hydrogens is 398 g/mol. The van der Waals surface area contributed by atoms with Gasteiger partial charge < -0.3 is 14.6 Å². The highest BCUT2D eigenvalue weighted by molar-refractivity contribution is 5.91. The Balaban J connectivity index is 1.34. The summed E-state index contributed by atoms with van der Waals surface area (Å²) in [7, 11) is 0. The van der Waals surface area contributed by atoms with Crippen LogP contribution in [0.4, 0.5) is 5.69 Å². The van der Waals surface area contributed by atoms with Gasteiger partial charge in [0.05, 0.1) is 6.20 Å². The van der Waals surface area contributed by atoms with Crippen molar-refractivity contribution >= 4 is 22.5 Å². The number of amides is 1. The van der Waals surface area contributed by atoms with Gasteiger partial charge in [0.2, 0.25) is 5.91 Å². The predicted molar refractivity (Wildman–Crippen MR) is 129 cm³/mol. The number of nitrogens with one attached hydrogen (secondary N) is 1. The van der Waals surface area contributed by atoms with Gasteiger partial charge in [0.15, 0.2) is 0 Å². The highest BCUT2D eigenvalue weighted by atomic mass is 16.5. The zero-order chi connectivity index (χ0) is 22.2. The van der Waals surface area contributed by atoms with Gasteiger partial charge in [-0.1, -0.05) is 38.0 Å². The van der Waals surface area contributed by atoms with Crippen LogP contribution in [0, 0.1) is 0 Å². The average Bonchev–Trinajstić information content (AvgIpc) is 3.18. The van der Waals surface area contributed by atoms with Crippen molar-refractivity contribution in [2.45, 2.75) is 45.6 Å². The molecule has 0 unspecified atom stereocenters. The van der Waals surface area contributed by atoms with Crippen molar-refractivity contribution < 1.29 is 9.53 Å². The van der Waals surface area contributed by atoms with Gasteiger partial charge in [0, 0.05) is 41.9 Å². The number of carbonyl (C=O) groups excluding carboxylic acids is 1. The van der Waals surface area contributed by atoms with Gasteiger partial charge in [0.1, 0.15) is 11.5 Å². The quantitative estimate of drug-likeness (QED) is 0.290. The third kappa shape index (κ3) is 5.55. The van der Waals surface area contributed by atoms with Crippen LogP contribution in [0.3, 0.4) is 0 Å². The zero-order valence-corrected chi connectivity index (χ0v) is 18.5. The minimum Gasteiger partial charge on any atom is -0.456 e. The first-order valence-electron chi connectivity index (χ1n) is 11.3. The number of benzene rings is 2. The minimum absolute atomic E-state index is 0.00809. The Bertz CT molecular complexity index is 1150. The summed E-state index contributed by atoms with van der Waals surface area (Å²) in [6, 6.07) is 19.5. The third-order valence-electron chi connectivity index (χ3n) is 5.50. The Labute approximate surface area is 189 Å². The number of carbonyl (C=O) groups is 1. The summed E-state index contributed by atoms with van der Waals surface area (Å²) in [4.78, 5) is 16.6. The minimum atomic E-state index is 0.00809. The summed E-state index contributed by atoms with van der Waals surface area (Å²) in [6.45, 7) is 3.24. The van der Waals surface area contributed by atoms with Crippen molar-refractivity contribution in [1.29, 1.82) is 0 Å². The molecule has 1 N–H and O–H groups in total. The van der Waals surface area contributed by atoms with E-state index in [-0.39, 0.29) is 5.91 Å². The molecule has 1 amide bonds. The molecule has 0 atom stereocenters. The van der Waals surface area contributed by atoms with Crippen molar-refractivity contribution in [3.63, 3.8) is 0 Å². The van der Waals surface area contributed by atoms with Crippen LogP contribution in [0.25, 0.3) is 10.9 Å². The summed E-state index contributed by atoms with van der Waals surface area (Å²) in [6.07, 6.45) is 10.4. The van der Waals surface area contributed by atoms with E-state index in [1.54, 1.807) is 12.4 Å². The molecule has 32 heavy (non-hydrogen) atoms. The fourth-order valence-corrected chi connectivity index (χ4v) is 3.86. The number of aromatic nitrogens is 2. The maximum Gasteiger partial charge on any atom is 0.224 e. The SMILES string of the molecule is CCCCCn1cc(CCC(=O)Nc2ccc(Oc3cccnc3)cc2)c2ccccc21. The molecule has 164 valence electrons. The molecule has 0 bridgehead atoms. The lowest BCUT2D eigenvalue weighted by Gasteiger charge is -2.08. The number of hydrogen-bond donors (Lipinski definition) is 1. The van der Waals surface area contributed by atoms with Crippen molar-refractivity contribution in [2.24, 2.45) is 0 Å². The van der Waals surface area contributed by atoms with Gasteiger partial charge >= 0.3 is 0 Å². The first-order chi connectivity index (χ1) is 15.7. The summed E-state index contributed by atoms with van der Waals surface area (Å²) in [5, 5.41) is 4.23. The summed E-state index contributed by atoms with van der Waals surface area (Å²) in [5.74, 6) is 1.39. The number of hydrogen-bond acceptors (Lipinski definition) is 3. The number of anilines is 1.